The largest absolute Gasteiger partial charge is 0.338 e. The van der Waals surface area contributed by atoms with Crippen molar-refractivity contribution in [3.63, 3.8) is 0 Å². The van der Waals surface area contributed by atoms with Crippen molar-refractivity contribution >= 4 is 17.6 Å². The maximum Gasteiger partial charge on any atom is 0.321 e. The predicted molar refractivity (Wildman–Crippen MR) is 89.8 cm³/mol. The monoisotopic (exact) mass is 316 g/mol. The van der Waals surface area contributed by atoms with Crippen molar-refractivity contribution in [3.8, 4) is 0 Å². The molecular formula is C17H24N4O2. The van der Waals surface area contributed by atoms with Gasteiger partial charge in [0.2, 0.25) is 0 Å². The number of amides is 3. The highest BCUT2D eigenvalue weighted by molar-refractivity contribution is 5.98. The average molecular weight is 316 g/mol. The number of piperidine rings is 1. The van der Waals surface area contributed by atoms with Gasteiger partial charge in [-0.2, -0.15) is 0 Å². The molecule has 2 saturated heterocycles. The van der Waals surface area contributed by atoms with E-state index in [1.807, 2.05) is 36.2 Å². The molecule has 2 aliphatic rings. The van der Waals surface area contributed by atoms with E-state index in [4.69, 9.17) is 0 Å². The average Bonchev–Trinajstić information content (AvgIpc) is 2.61. The molecule has 1 aromatic carbocycles. The second-order valence-electron chi connectivity index (χ2n) is 6.17. The highest BCUT2D eigenvalue weighted by Crippen LogP contribution is 2.21. The van der Waals surface area contributed by atoms with Gasteiger partial charge in [0.25, 0.3) is 5.91 Å². The standard InChI is InChI=1S/C17H24N4O2/c1-18-14-6-3-9-20(12-14)16(22)13-5-2-7-15(11-13)21-10-4-8-19-17(21)23/h2,5,7,11,14,18H,3-4,6,8-10,12H2,1H3,(H,19,23). The normalized spacial score (nSPS) is 22.0. The number of carbonyl (C=O) groups is 2. The lowest BCUT2D eigenvalue weighted by Crippen LogP contribution is -2.47. The van der Waals surface area contributed by atoms with Crippen LogP contribution in [0.1, 0.15) is 29.6 Å². The number of benzene rings is 1. The van der Waals surface area contributed by atoms with Crippen molar-refractivity contribution < 1.29 is 9.59 Å². The Morgan fingerprint density at radius 1 is 1.30 bits per heavy atom. The Morgan fingerprint density at radius 2 is 2.17 bits per heavy atom. The summed E-state index contributed by atoms with van der Waals surface area (Å²) in [4.78, 5) is 28.3. The van der Waals surface area contributed by atoms with E-state index >= 15 is 0 Å². The van der Waals surface area contributed by atoms with Crippen LogP contribution in [0, 0.1) is 0 Å². The zero-order chi connectivity index (χ0) is 16.2. The zero-order valence-electron chi connectivity index (χ0n) is 13.5. The second kappa shape index (κ2) is 7.00. The van der Waals surface area contributed by atoms with E-state index in [9.17, 15) is 9.59 Å². The molecular weight excluding hydrogens is 292 g/mol. The van der Waals surface area contributed by atoms with Crippen LogP contribution in [0.4, 0.5) is 10.5 Å². The van der Waals surface area contributed by atoms with Gasteiger partial charge < -0.3 is 15.5 Å². The van der Waals surface area contributed by atoms with Gasteiger partial charge in [0, 0.05) is 43.5 Å². The molecule has 0 radical (unpaired) electrons. The Balaban J connectivity index is 1.76. The minimum absolute atomic E-state index is 0.0456. The first-order chi connectivity index (χ1) is 11.2. The highest BCUT2D eigenvalue weighted by Gasteiger charge is 2.25. The van der Waals surface area contributed by atoms with Crippen molar-refractivity contribution in [2.45, 2.75) is 25.3 Å². The summed E-state index contributed by atoms with van der Waals surface area (Å²) >= 11 is 0. The lowest BCUT2D eigenvalue weighted by molar-refractivity contribution is 0.0698. The van der Waals surface area contributed by atoms with Crippen LogP contribution in [-0.4, -0.2) is 56.1 Å². The number of carbonyl (C=O) groups excluding carboxylic acids is 2. The molecule has 2 heterocycles. The summed E-state index contributed by atoms with van der Waals surface area (Å²) in [6.07, 6.45) is 3.04. The number of nitrogens with zero attached hydrogens (tertiary/aromatic N) is 2. The molecule has 1 aromatic rings. The van der Waals surface area contributed by atoms with E-state index in [0.29, 0.717) is 24.7 Å². The molecule has 0 spiro atoms. The lowest BCUT2D eigenvalue weighted by Gasteiger charge is -2.33. The van der Waals surface area contributed by atoms with Gasteiger partial charge in [-0.25, -0.2) is 4.79 Å². The predicted octanol–water partition coefficient (Wildman–Crippen LogP) is 1.43. The van der Waals surface area contributed by atoms with Gasteiger partial charge in [-0.05, 0) is 44.5 Å². The fraction of sp³-hybridized carbons (Fsp3) is 0.529. The first kappa shape index (κ1) is 15.8. The summed E-state index contributed by atoms with van der Waals surface area (Å²) in [5.41, 5.74) is 1.44. The first-order valence-corrected chi connectivity index (χ1v) is 8.31. The third-order valence-corrected chi connectivity index (χ3v) is 4.60. The van der Waals surface area contributed by atoms with E-state index in [1.54, 1.807) is 4.90 Å². The maximum absolute atomic E-state index is 12.8. The second-order valence-corrected chi connectivity index (χ2v) is 6.17. The van der Waals surface area contributed by atoms with Crippen molar-refractivity contribution in [2.75, 3.05) is 38.1 Å². The minimum Gasteiger partial charge on any atom is -0.338 e. The number of likely N-dealkylation sites (tertiary alicyclic amines) is 1. The van der Waals surface area contributed by atoms with Crippen molar-refractivity contribution in [3.05, 3.63) is 29.8 Å². The Bertz CT molecular complexity index is 590. The van der Waals surface area contributed by atoms with E-state index in [2.05, 4.69) is 10.6 Å². The van der Waals surface area contributed by atoms with E-state index in [0.717, 1.165) is 38.0 Å². The van der Waals surface area contributed by atoms with E-state index in [-0.39, 0.29) is 11.9 Å². The van der Waals surface area contributed by atoms with Crippen LogP contribution in [0.2, 0.25) is 0 Å². The fourth-order valence-corrected chi connectivity index (χ4v) is 3.26. The molecule has 0 aromatic heterocycles. The Morgan fingerprint density at radius 3 is 2.96 bits per heavy atom. The summed E-state index contributed by atoms with van der Waals surface area (Å²) in [6, 6.07) is 7.67. The number of likely N-dealkylation sites (N-methyl/N-ethyl adjacent to an activating group) is 1. The molecule has 6 nitrogen and oxygen atoms in total. The number of hydrogen-bond acceptors (Lipinski definition) is 3. The van der Waals surface area contributed by atoms with Crippen LogP contribution in [0.5, 0.6) is 0 Å². The van der Waals surface area contributed by atoms with Gasteiger partial charge in [0.1, 0.15) is 0 Å². The molecule has 0 bridgehead atoms. The summed E-state index contributed by atoms with van der Waals surface area (Å²) in [6.45, 7) is 2.94. The maximum atomic E-state index is 12.8. The molecule has 2 fully saturated rings. The fourth-order valence-electron chi connectivity index (χ4n) is 3.26. The summed E-state index contributed by atoms with van der Waals surface area (Å²) in [7, 11) is 1.94. The van der Waals surface area contributed by atoms with Crippen LogP contribution in [0.3, 0.4) is 0 Å². The molecule has 6 heteroatoms. The smallest absolute Gasteiger partial charge is 0.321 e. The van der Waals surface area contributed by atoms with Gasteiger partial charge in [0.15, 0.2) is 0 Å². The number of anilines is 1. The summed E-state index contributed by atoms with van der Waals surface area (Å²) in [5, 5.41) is 6.09. The molecule has 2 aliphatic heterocycles. The topological polar surface area (TPSA) is 64.7 Å². The lowest BCUT2D eigenvalue weighted by atomic mass is 10.0. The molecule has 0 saturated carbocycles. The molecule has 0 aliphatic carbocycles. The highest BCUT2D eigenvalue weighted by atomic mass is 16.2. The molecule has 3 rings (SSSR count). The third-order valence-electron chi connectivity index (χ3n) is 4.60. The van der Waals surface area contributed by atoms with Crippen molar-refractivity contribution in [1.29, 1.82) is 0 Å². The van der Waals surface area contributed by atoms with Crippen molar-refractivity contribution in [2.24, 2.45) is 0 Å². The van der Waals surface area contributed by atoms with Gasteiger partial charge in [-0.1, -0.05) is 6.07 Å². The van der Waals surface area contributed by atoms with Gasteiger partial charge in [0.05, 0.1) is 0 Å². The molecule has 124 valence electrons. The molecule has 23 heavy (non-hydrogen) atoms. The number of rotatable bonds is 3. The van der Waals surface area contributed by atoms with Crippen LogP contribution >= 0.6 is 0 Å². The third kappa shape index (κ3) is 3.47. The van der Waals surface area contributed by atoms with Crippen molar-refractivity contribution in [1.82, 2.24) is 15.5 Å². The number of nitrogens with one attached hydrogen (secondary N) is 2. The first-order valence-electron chi connectivity index (χ1n) is 8.31. The van der Waals surface area contributed by atoms with E-state index in [1.165, 1.54) is 0 Å². The Labute approximate surface area is 136 Å². The number of urea groups is 1. The SMILES string of the molecule is CNC1CCCN(C(=O)c2cccc(N3CCCNC3=O)c2)C1. The van der Waals surface area contributed by atoms with Crippen LogP contribution in [0.15, 0.2) is 24.3 Å². The summed E-state index contributed by atoms with van der Waals surface area (Å²) < 4.78 is 0. The molecule has 1 atom stereocenters. The Kier molecular flexibility index (Phi) is 4.81. The van der Waals surface area contributed by atoms with Crippen LogP contribution in [0.25, 0.3) is 0 Å². The van der Waals surface area contributed by atoms with Gasteiger partial charge >= 0.3 is 6.03 Å². The van der Waals surface area contributed by atoms with Gasteiger partial charge in [-0.15, -0.1) is 0 Å². The minimum atomic E-state index is -0.0888. The summed E-state index contributed by atoms with van der Waals surface area (Å²) in [5.74, 6) is 0.0456. The van der Waals surface area contributed by atoms with Crippen LogP contribution < -0.4 is 15.5 Å². The Hall–Kier alpha value is -2.08. The quantitative estimate of drug-likeness (QED) is 0.887. The zero-order valence-corrected chi connectivity index (χ0v) is 13.5. The van der Waals surface area contributed by atoms with Gasteiger partial charge in [-0.3, -0.25) is 9.69 Å². The number of hydrogen-bond donors (Lipinski definition) is 2. The van der Waals surface area contributed by atoms with E-state index < -0.39 is 0 Å². The molecule has 1 unspecified atom stereocenters. The van der Waals surface area contributed by atoms with Crippen LogP contribution in [-0.2, 0) is 0 Å². The molecule has 2 N–H and O–H groups in total. The molecule has 3 amide bonds.